The Kier molecular flexibility index (Phi) is 11.3. The van der Waals surface area contributed by atoms with E-state index in [9.17, 15) is 0 Å². The molecule has 0 saturated heterocycles. The van der Waals surface area contributed by atoms with E-state index in [0.717, 1.165) is 59.0 Å². The van der Waals surface area contributed by atoms with Gasteiger partial charge in [0.15, 0.2) is 0 Å². The van der Waals surface area contributed by atoms with E-state index in [0.29, 0.717) is 6.61 Å². The topological polar surface area (TPSA) is 36.3 Å². The highest BCUT2D eigenvalue weighted by atomic mass is 79.9. The van der Waals surface area contributed by atoms with E-state index >= 15 is 0 Å². The Hall–Kier alpha value is -2.01. The van der Waals surface area contributed by atoms with Gasteiger partial charge in [0, 0.05) is 29.2 Å². The lowest BCUT2D eigenvalue weighted by atomic mass is 10.0. The Bertz CT molecular complexity index is 957. The van der Waals surface area contributed by atoms with Crippen LogP contribution in [0.25, 0.3) is 6.08 Å². The average molecular weight is 518 g/mol. The molecule has 0 radical (unpaired) electrons. The summed E-state index contributed by atoms with van der Waals surface area (Å²) in [5, 5.41) is 0. The molecule has 0 unspecified atom stereocenters. The van der Waals surface area contributed by atoms with Crippen molar-refractivity contribution in [1.29, 1.82) is 0 Å². The van der Waals surface area contributed by atoms with Gasteiger partial charge < -0.3 is 14.0 Å². The standard InChI is InChI=1S/C28H41BrN2O2/c1-8-21(5)26(33-9-2)16-17-28-30-24(13-11-10-12-20(3)4)25(31(28)6)19-22-18-23(29)14-15-27(22)32-7/h14-18,20H,8-13,19H2,1-7H3/b17-16-,26-21-. The Morgan fingerprint density at radius 3 is 2.61 bits per heavy atom. The van der Waals surface area contributed by atoms with Crippen LogP contribution in [0.5, 0.6) is 5.75 Å². The molecule has 33 heavy (non-hydrogen) atoms. The minimum absolute atomic E-state index is 0.659. The number of halogens is 1. The first-order valence-electron chi connectivity index (χ1n) is 12.2. The number of allylic oxidation sites excluding steroid dienone is 2. The van der Waals surface area contributed by atoms with Crippen LogP contribution >= 0.6 is 15.9 Å². The molecule has 1 aromatic carbocycles. The normalized spacial score (nSPS) is 12.5. The van der Waals surface area contributed by atoms with Crippen LogP contribution in [0.2, 0.25) is 0 Å². The van der Waals surface area contributed by atoms with E-state index in [4.69, 9.17) is 14.5 Å². The number of ether oxygens (including phenoxy) is 2. The van der Waals surface area contributed by atoms with E-state index in [-0.39, 0.29) is 0 Å². The summed E-state index contributed by atoms with van der Waals surface area (Å²) in [6.45, 7) is 11.5. The Labute approximate surface area is 209 Å². The zero-order valence-corrected chi connectivity index (χ0v) is 23.1. The number of hydrogen-bond acceptors (Lipinski definition) is 3. The van der Waals surface area contributed by atoms with Crippen LogP contribution in [0.1, 0.15) is 83.1 Å². The molecule has 182 valence electrons. The van der Waals surface area contributed by atoms with Crippen molar-refractivity contribution >= 4 is 22.0 Å². The molecule has 1 aromatic heterocycles. The molecule has 4 nitrogen and oxygen atoms in total. The molecule has 0 N–H and O–H groups in total. The lowest BCUT2D eigenvalue weighted by Gasteiger charge is -2.12. The van der Waals surface area contributed by atoms with Crippen molar-refractivity contribution in [3.8, 4) is 5.75 Å². The van der Waals surface area contributed by atoms with Crippen molar-refractivity contribution in [1.82, 2.24) is 9.55 Å². The molecule has 5 heteroatoms. The van der Waals surface area contributed by atoms with Gasteiger partial charge in [-0.15, -0.1) is 0 Å². The number of rotatable bonds is 13. The van der Waals surface area contributed by atoms with Gasteiger partial charge in [-0.2, -0.15) is 0 Å². The first-order valence-corrected chi connectivity index (χ1v) is 13.0. The van der Waals surface area contributed by atoms with Crippen molar-refractivity contribution in [2.45, 2.75) is 73.1 Å². The van der Waals surface area contributed by atoms with Gasteiger partial charge in [0.1, 0.15) is 17.3 Å². The van der Waals surface area contributed by atoms with Crippen LogP contribution in [0.3, 0.4) is 0 Å². The number of aryl methyl sites for hydroxylation is 1. The zero-order chi connectivity index (χ0) is 24.4. The molecular weight excluding hydrogens is 476 g/mol. The van der Waals surface area contributed by atoms with E-state index in [1.807, 2.05) is 19.1 Å². The van der Waals surface area contributed by atoms with Crippen molar-refractivity contribution in [3.63, 3.8) is 0 Å². The quantitative estimate of drug-likeness (QED) is 0.154. The third-order valence-electron chi connectivity index (χ3n) is 6.01. The van der Waals surface area contributed by atoms with Crippen molar-refractivity contribution < 1.29 is 9.47 Å². The molecule has 0 aliphatic heterocycles. The van der Waals surface area contributed by atoms with Crippen molar-refractivity contribution in [2.75, 3.05) is 13.7 Å². The summed E-state index contributed by atoms with van der Waals surface area (Å²) in [7, 11) is 3.84. The fraction of sp³-hybridized carbons (Fsp3) is 0.536. The minimum atomic E-state index is 0.659. The van der Waals surface area contributed by atoms with Gasteiger partial charge in [-0.05, 0) is 75.0 Å². The van der Waals surface area contributed by atoms with Crippen molar-refractivity contribution in [2.24, 2.45) is 13.0 Å². The highest BCUT2D eigenvalue weighted by molar-refractivity contribution is 9.10. The number of unbranched alkanes of at least 4 members (excludes halogenated alkanes) is 1. The monoisotopic (exact) mass is 516 g/mol. The summed E-state index contributed by atoms with van der Waals surface area (Å²) in [4.78, 5) is 5.06. The van der Waals surface area contributed by atoms with E-state index in [2.05, 4.69) is 73.5 Å². The number of imidazole rings is 1. The molecule has 0 atom stereocenters. The van der Waals surface area contributed by atoms with Gasteiger partial charge in [0.2, 0.25) is 0 Å². The lowest BCUT2D eigenvalue weighted by molar-refractivity contribution is 0.238. The third kappa shape index (κ3) is 8.06. The molecule has 0 fully saturated rings. The van der Waals surface area contributed by atoms with Crippen LogP contribution in [-0.4, -0.2) is 23.3 Å². The second-order valence-corrected chi connectivity index (χ2v) is 9.88. The predicted molar refractivity (Wildman–Crippen MR) is 143 cm³/mol. The fourth-order valence-corrected chi connectivity index (χ4v) is 4.29. The molecule has 0 saturated carbocycles. The van der Waals surface area contributed by atoms with E-state index in [1.54, 1.807) is 7.11 Å². The molecule has 2 rings (SSSR count). The Morgan fingerprint density at radius 1 is 1.21 bits per heavy atom. The summed E-state index contributed by atoms with van der Waals surface area (Å²) in [6, 6.07) is 6.18. The van der Waals surface area contributed by atoms with Gasteiger partial charge in [-0.3, -0.25) is 0 Å². The maximum atomic E-state index is 5.87. The molecule has 0 aliphatic rings. The number of aromatic nitrogens is 2. The summed E-state index contributed by atoms with van der Waals surface area (Å²) >= 11 is 3.61. The van der Waals surface area contributed by atoms with Gasteiger partial charge in [0.25, 0.3) is 0 Å². The SMILES string of the molecule is CCOC(/C=C\c1nc(CCCCC(C)C)c(Cc2cc(Br)ccc2OC)n1C)=C(/C)CC. The van der Waals surface area contributed by atoms with Crippen molar-refractivity contribution in [3.05, 3.63) is 62.9 Å². The van der Waals surface area contributed by atoms with Crippen LogP contribution in [0, 0.1) is 5.92 Å². The summed E-state index contributed by atoms with van der Waals surface area (Å²) in [5.74, 6) is 3.54. The smallest absolute Gasteiger partial charge is 0.133 e. The van der Waals surface area contributed by atoms with E-state index < -0.39 is 0 Å². The van der Waals surface area contributed by atoms with Crippen LogP contribution in [0.4, 0.5) is 0 Å². The molecule has 0 aliphatic carbocycles. The largest absolute Gasteiger partial charge is 0.496 e. The highest BCUT2D eigenvalue weighted by Gasteiger charge is 2.16. The van der Waals surface area contributed by atoms with Gasteiger partial charge in [0.05, 0.1) is 19.4 Å². The summed E-state index contributed by atoms with van der Waals surface area (Å²) < 4.78 is 14.8. The van der Waals surface area contributed by atoms with Gasteiger partial charge in [-0.25, -0.2) is 4.98 Å². The number of methoxy groups -OCH3 is 1. The number of hydrogen-bond donors (Lipinski definition) is 0. The maximum Gasteiger partial charge on any atom is 0.133 e. The number of benzene rings is 1. The maximum absolute atomic E-state index is 5.87. The van der Waals surface area contributed by atoms with Gasteiger partial charge >= 0.3 is 0 Å². The second-order valence-electron chi connectivity index (χ2n) is 8.96. The number of nitrogens with zero attached hydrogens (tertiary/aromatic N) is 2. The minimum Gasteiger partial charge on any atom is -0.496 e. The van der Waals surface area contributed by atoms with E-state index in [1.165, 1.54) is 29.8 Å². The lowest BCUT2D eigenvalue weighted by Crippen LogP contribution is -2.04. The third-order valence-corrected chi connectivity index (χ3v) is 6.50. The molecule has 0 amide bonds. The zero-order valence-electron chi connectivity index (χ0n) is 21.5. The van der Waals surface area contributed by atoms with Crippen LogP contribution in [-0.2, 0) is 24.6 Å². The second kappa shape index (κ2) is 13.6. The Morgan fingerprint density at radius 2 is 1.97 bits per heavy atom. The molecule has 0 spiro atoms. The first-order chi connectivity index (χ1) is 15.8. The molecule has 2 aromatic rings. The van der Waals surface area contributed by atoms with Crippen LogP contribution in [0.15, 0.2) is 40.1 Å². The van der Waals surface area contributed by atoms with Gasteiger partial charge in [-0.1, -0.05) is 49.5 Å². The first kappa shape index (κ1) is 27.2. The molecule has 0 bridgehead atoms. The molecular formula is C28H41BrN2O2. The summed E-state index contributed by atoms with van der Waals surface area (Å²) in [5.41, 5.74) is 4.82. The highest BCUT2D eigenvalue weighted by Crippen LogP contribution is 2.28. The van der Waals surface area contributed by atoms with Crippen LogP contribution < -0.4 is 4.74 Å². The summed E-state index contributed by atoms with van der Waals surface area (Å²) in [6.07, 6.45) is 10.5. The average Bonchev–Trinajstić information content (AvgIpc) is 3.08. The fourth-order valence-electron chi connectivity index (χ4n) is 3.88. The predicted octanol–water partition coefficient (Wildman–Crippen LogP) is 7.88. The molecule has 1 heterocycles. The Balaban J connectivity index is 2.41.